The van der Waals surface area contributed by atoms with E-state index in [1.165, 1.54) is 6.07 Å². The van der Waals surface area contributed by atoms with Crippen LogP contribution < -0.4 is 10.9 Å². The van der Waals surface area contributed by atoms with Crippen LogP contribution in [0.3, 0.4) is 0 Å². The fourth-order valence-corrected chi connectivity index (χ4v) is 5.10. The standard InChI is InChI=1S/C21H23F2N3O2S/c1-28-8-2-7-26-12-25-20-19(21(26)27)16-5-4-15(10-18(16)29-20)24-11-13-9-14(22)3-6-17(13)23/h3,6,9,12,15,24H,2,4-5,7-8,10-11H2,1H3/t15-/m0/s1. The summed E-state index contributed by atoms with van der Waals surface area (Å²) in [5.74, 6) is -0.845. The van der Waals surface area contributed by atoms with Crippen molar-refractivity contribution in [3.05, 3.63) is 62.5 Å². The number of halogens is 2. The molecule has 8 heteroatoms. The molecule has 0 unspecified atom stereocenters. The molecule has 5 nitrogen and oxygen atoms in total. The van der Waals surface area contributed by atoms with Gasteiger partial charge in [-0.3, -0.25) is 9.36 Å². The third-order valence-corrected chi connectivity index (χ3v) is 6.53. The average Bonchev–Trinajstić information content (AvgIpc) is 3.09. The number of thiophene rings is 1. The van der Waals surface area contributed by atoms with Gasteiger partial charge < -0.3 is 10.1 Å². The predicted molar refractivity (Wildman–Crippen MR) is 109 cm³/mol. The first-order valence-corrected chi connectivity index (χ1v) is 10.5. The van der Waals surface area contributed by atoms with Gasteiger partial charge in [-0.25, -0.2) is 13.8 Å². The molecule has 0 bridgehead atoms. The number of benzene rings is 1. The lowest BCUT2D eigenvalue weighted by Gasteiger charge is -2.23. The molecule has 1 atom stereocenters. The summed E-state index contributed by atoms with van der Waals surface area (Å²) in [4.78, 5) is 19.3. The zero-order valence-corrected chi connectivity index (χ0v) is 17.0. The first kappa shape index (κ1) is 20.1. The number of aryl methyl sites for hydroxylation is 2. The summed E-state index contributed by atoms with van der Waals surface area (Å²) >= 11 is 1.56. The summed E-state index contributed by atoms with van der Waals surface area (Å²) in [5.41, 5.74) is 1.43. The third kappa shape index (κ3) is 4.24. The first-order valence-electron chi connectivity index (χ1n) is 9.72. The minimum atomic E-state index is -0.438. The minimum absolute atomic E-state index is 0.0110. The van der Waals surface area contributed by atoms with Crippen molar-refractivity contribution in [1.29, 1.82) is 0 Å². The second kappa shape index (κ2) is 8.69. The summed E-state index contributed by atoms with van der Waals surface area (Å²) in [5, 5.41) is 4.07. The van der Waals surface area contributed by atoms with Crippen molar-refractivity contribution < 1.29 is 13.5 Å². The maximum Gasteiger partial charge on any atom is 0.262 e. The summed E-state index contributed by atoms with van der Waals surface area (Å²) in [6.45, 7) is 1.47. The molecule has 0 saturated heterocycles. The highest BCUT2D eigenvalue weighted by atomic mass is 32.1. The van der Waals surface area contributed by atoms with Gasteiger partial charge in [0.1, 0.15) is 16.5 Å². The fraction of sp³-hybridized carbons (Fsp3) is 0.429. The van der Waals surface area contributed by atoms with Crippen molar-refractivity contribution in [2.45, 2.75) is 44.8 Å². The van der Waals surface area contributed by atoms with E-state index in [2.05, 4.69) is 10.3 Å². The smallest absolute Gasteiger partial charge is 0.262 e. The van der Waals surface area contributed by atoms with Crippen molar-refractivity contribution in [2.75, 3.05) is 13.7 Å². The number of ether oxygens (including phenoxy) is 1. The van der Waals surface area contributed by atoms with Gasteiger partial charge in [-0.2, -0.15) is 0 Å². The summed E-state index contributed by atoms with van der Waals surface area (Å²) in [6, 6.07) is 3.66. The van der Waals surface area contributed by atoms with Gasteiger partial charge in [0.15, 0.2) is 0 Å². The number of fused-ring (bicyclic) bond motifs is 3. The van der Waals surface area contributed by atoms with Crippen LogP contribution in [0.5, 0.6) is 0 Å². The summed E-state index contributed by atoms with van der Waals surface area (Å²) in [7, 11) is 1.65. The number of rotatable bonds is 7. The highest BCUT2D eigenvalue weighted by Gasteiger charge is 2.25. The SMILES string of the molecule is COCCCn1cnc2sc3c(c2c1=O)CC[C@H](NCc1cc(F)ccc1F)C3. The molecule has 0 amide bonds. The largest absolute Gasteiger partial charge is 0.385 e. The Kier molecular flexibility index (Phi) is 6.03. The van der Waals surface area contributed by atoms with Crippen molar-refractivity contribution >= 4 is 21.6 Å². The lowest BCUT2D eigenvalue weighted by molar-refractivity contribution is 0.190. The van der Waals surface area contributed by atoms with Crippen molar-refractivity contribution in [3.63, 3.8) is 0 Å². The Hall–Kier alpha value is -2.16. The molecule has 0 fully saturated rings. The lowest BCUT2D eigenvalue weighted by Crippen LogP contribution is -2.34. The molecular weight excluding hydrogens is 396 g/mol. The van der Waals surface area contributed by atoms with Crippen LogP contribution in [-0.4, -0.2) is 29.3 Å². The molecule has 154 valence electrons. The predicted octanol–water partition coefficient (Wildman–Crippen LogP) is 3.42. The van der Waals surface area contributed by atoms with Gasteiger partial charge in [0, 0.05) is 43.3 Å². The third-order valence-electron chi connectivity index (χ3n) is 5.37. The lowest BCUT2D eigenvalue weighted by atomic mass is 9.93. The zero-order chi connectivity index (χ0) is 20.4. The van der Waals surface area contributed by atoms with Crippen LogP contribution in [0.25, 0.3) is 10.2 Å². The molecule has 0 aliphatic heterocycles. The molecule has 1 N–H and O–H groups in total. The average molecular weight is 419 g/mol. The van der Waals surface area contributed by atoms with Crippen LogP contribution in [0.1, 0.15) is 28.8 Å². The number of nitrogens with zero attached hydrogens (tertiary/aromatic N) is 2. The van der Waals surface area contributed by atoms with E-state index in [4.69, 9.17) is 4.74 Å². The number of hydrogen-bond acceptors (Lipinski definition) is 5. The topological polar surface area (TPSA) is 56.2 Å². The van der Waals surface area contributed by atoms with Crippen LogP contribution in [-0.2, 0) is 30.7 Å². The van der Waals surface area contributed by atoms with Gasteiger partial charge in [-0.05, 0) is 49.4 Å². The van der Waals surface area contributed by atoms with Crippen molar-refractivity contribution in [3.8, 4) is 0 Å². The number of hydrogen-bond donors (Lipinski definition) is 1. The quantitative estimate of drug-likeness (QED) is 0.597. The Morgan fingerprint density at radius 1 is 1.38 bits per heavy atom. The summed E-state index contributed by atoms with van der Waals surface area (Å²) < 4.78 is 33.9. The molecule has 2 aromatic heterocycles. The van der Waals surface area contributed by atoms with Gasteiger partial charge in [-0.15, -0.1) is 11.3 Å². The normalized spacial score (nSPS) is 16.3. The molecular formula is C21H23F2N3O2S. The Labute approximate surface area is 171 Å². The second-order valence-corrected chi connectivity index (χ2v) is 8.41. The van der Waals surface area contributed by atoms with E-state index in [-0.39, 0.29) is 18.1 Å². The highest BCUT2D eigenvalue weighted by Crippen LogP contribution is 2.33. The Morgan fingerprint density at radius 2 is 2.24 bits per heavy atom. The first-order chi connectivity index (χ1) is 14.1. The van der Waals surface area contributed by atoms with Crippen LogP contribution in [0, 0.1) is 11.6 Å². The number of aromatic nitrogens is 2. The molecule has 1 aliphatic rings. The Morgan fingerprint density at radius 3 is 3.07 bits per heavy atom. The molecule has 29 heavy (non-hydrogen) atoms. The molecule has 1 aromatic carbocycles. The zero-order valence-electron chi connectivity index (χ0n) is 16.2. The summed E-state index contributed by atoms with van der Waals surface area (Å²) in [6.07, 6.45) is 4.76. The van der Waals surface area contributed by atoms with Crippen molar-refractivity contribution in [2.24, 2.45) is 0 Å². The molecule has 2 heterocycles. The van der Waals surface area contributed by atoms with Crippen molar-refractivity contribution in [1.82, 2.24) is 14.9 Å². The molecule has 3 aromatic rings. The van der Waals surface area contributed by atoms with Crippen LogP contribution in [0.2, 0.25) is 0 Å². The Balaban J connectivity index is 1.50. The van der Waals surface area contributed by atoms with E-state index in [0.717, 1.165) is 58.5 Å². The van der Waals surface area contributed by atoms with Crippen LogP contribution >= 0.6 is 11.3 Å². The van der Waals surface area contributed by atoms with E-state index in [9.17, 15) is 13.6 Å². The Bertz CT molecular complexity index is 1080. The van der Waals surface area contributed by atoms with E-state index in [1.54, 1.807) is 29.3 Å². The maximum atomic E-state index is 13.8. The van der Waals surface area contributed by atoms with Gasteiger partial charge >= 0.3 is 0 Å². The van der Waals surface area contributed by atoms with Crippen LogP contribution in [0.4, 0.5) is 8.78 Å². The maximum absolute atomic E-state index is 13.8. The molecule has 0 saturated carbocycles. The van der Waals surface area contributed by atoms with E-state index < -0.39 is 11.6 Å². The minimum Gasteiger partial charge on any atom is -0.385 e. The molecule has 1 aliphatic carbocycles. The highest BCUT2D eigenvalue weighted by molar-refractivity contribution is 7.18. The molecule has 4 rings (SSSR count). The van der Waals surface area contributed by atoms with E-state index in [1.807, 2.05) is 0 Å². The number of nitrogens with one attached hydrogen (secondary N) is 1. The van der Waals surface area contributed by atoms with Gasteiger partial charge in [0.2, 0.25) is 0 Å². The molecule has 0 radical (unpaired) electrons. The van der Waals surface area contributed by atoms with Gasteiger partial charge in [0.05, 0.1) is 11.7 Å². The molecule has 0 spiro atoms. The number of methoxy groups -OCH3 is 1. The monoisotopic (exact) mass is 419 g/mol. The van der Waals surface area contributed by atoms with Gasteiger partial charge in [-0.1, -0.05) is 0 Å². The fourth-order valence-electron chi connectivity index (χ4n) is 3.85. The van der Waals surface area contributed by atoms with E-state index >= 15 is 0 Å². The van der Waals surface area contributed by atoms with Gasteiger partial charge in [0.25, 0.3) is 5.56 Å². The van der Waals surface area contributed by atoms with Crippen LogP contribution in [0.15, 0.2) is 29.3 Å². The van der Waals surface area contributed by atoms with E-state index in [0.29, 0.717) is 18.7 Å². The second-order valence-electron chi connectivity index (χ2n) is 7.33.